The van der Waals surface area contributed by atoms with E-state index in [9.17, 15) is 9.18 Å². The fraction of sp³-hybridized carbons (Fsp3) is 0.176. The molecule has 0 radical (unpaired) electrons. The summed E-state index contributed by atoms with van der Waals surface area (Å²) >= 11 is 3.19. The molecule has 0 unspecified atom stereocenters. The number of thiazole rings is 1. The first kappa shape index (κ1) is 15.8. The average Bonchev–Trinajstić information content (AvgIpc) is 3.20. The number of hydrogen-bond acceptors (Lipinski definition) is 4. The fourth-order valence-corrected chi connectivity index (χ4v) is 3.78. The summed E-state index contributed by atoms with van der Waals surface area (Å²) in [4.78, 5) is 19.6. The molecule has 0 aliphatic heterocycles. The molecule has 1 aromatic carbocycles. The van der Waals surface area contributed by atoms with Crippen LogP contribution in [0.25, 0.3) is 9.88 Å². The molecule has 0 saturated heterocycles. The second-order valence-corrected chi connectivity index (χ2v) is 6.98. The minimum absolute atomic E-state index is 0.00245. The molecule has 3 nitrogen and oxygen atoms in total. The fourth-order valence-electron chi connectivity index (χ4n) is 2.14. The Morgan fingerprint density at radius 3 is 2.70 bits per heavy atom. The van der Waals surface area contributed by atoms with Crippen molar-refractivity contribution in [1.82, 2.24) is 9.88 Å². The van der Waals surface area contributed by atoms with Crippen LogP contribution in [0.2, 0.25) is 0 Å². The number of nitrogens with zero attached hydrogens (tertiary/aromatic N) is 2. The Bertz CT molecular complexity index is 781. The van der Waals surface area contributed by atoms with Gasteiger partial charge in [0.2, 0.25) is 5.91 Å². The van der Waals surface area contributed by atoms with E-state index in [1.54, 1.807) is 46.8 Å². The van der Waals surface area contributed by atoms with Crippen molar-refractivity contribution in [2.24, 2.45) is 0 Å². The van der Waals surface area contributed by atoms with Crippen LogP contribution in [0.3, 0.4) is 0 Å². The zero-order valence-corrected chi connectivity index (χ0v) is 14.2. The molecule has 0 aliphatic rings. The van der Waals surface area contributed by atoms with Crippen molar-refractivity contribution in [3.63, 3.8) is 0 Å². The van der Waals surface area contributed by atoms with E-state index in [0.717, 1.165) is 21.1 Å². The zero-order chi connectivity index (χ0) is 16.2. The third-order valence-electron chi connectivity index (χ3n) is 3.37. The Hall–Kier alpha value is -2.05. The van der Waals surface area contributed by atoms with E-state index >= 15 is 0 Å². The van der Waals surface area contributed by atoms with Crippen molar-refractivity contribution in [3.05, 3.63) is 64.2 Å². The Morgan fingerprint density at radius 2 is 2.00 bits per heavy atom. The third-order valence-corrected chi connectivity index (χ3v) is 5.30. The average molecular weight is 346 g/mol. The number of halogens is 1. The summed E-state index contributed by atoms with van der Waals surface area (Å²) < 4.78 is 12.9. The third kappa shape index (κ3) is 4.03. The topological polar surface area (TPSA) is 33.2 Å². The Morgan fingerprint density at radius 1 is 1.22 bits per heavy atom. The van der Waals surface area contributed by atoms with Gasteiger partial charge in [-0.1, -0.05) is 18.2 Å². The van der Waals surface area contributed by atoms with Crippen LogP contribution < -0.4 is 0 Å². The zero-order valence-electron chi connectivity index (χ0n) is 12.5. The number of amides is 1. The summed E-state index contributed by atoms with van der Waals surface area (Å²) in [6, 6.07) is 10.2. The van der Waals surface area contributed by atoms with Crippen LogP contribution in [0.5, 0.6) is 0 Å². The number of aromatic nitrogens is 1. The molecule has 118 valence electrons. The van der Waals surface area contributed by atoms with Crippen LogP contribution in [0.15, 0.2) is 47.2 Å². The van der Waals surface area contributed by atoms with Crippen LogP contribution in [0.4, 0.5) is 4.39 Å². The van der Waals surface area contributed by atoms with Crippen molar-refractivity contribution in [2.45, 2.75) is 13.0 Å². The standard InChI is InChI=1S/C17H15FN2OS2/c1-20(10-12-4-6-13(18)7-5-12)16(21)9-14-11-23-17(19-14)15-3-2-8-22-15/h2-8,11H,9-10H2,1H3. The minimum Gasteiger partial charge on any atom is -0.341 e. The number of hydrogen-bond donors (Lipinski definition) is 0. The number of benzene rings is 1. The van der Waals surface area contributed by atoms with Crippen molar-refractivity contribution in [3.8, 4) is 9.88 Å². The van der Waals surface area contributed by atoms with Gasteiger partial charge in [-0.2, -0.15) is 0 Å². The molecule has 2 heterocycles. The van der Waals surface area contributed by atoms with Gasteiger partial charge < -0.3 is 4.90 Å². The molecule has 1 amide bonds. The van der Waals surface area contributed by atoms with E-state index in [1.165, 1.54) is 12.1 Å². The first-order valence-corrected chi connectivity index (χ1v) is 8.84. The van der Waals surface area contributed by atoms with Gasteiger partial charge in [0.15, 0.2) is 0 Å². The van der Waals surface area contributed by atoms with Gasteiger partial charge in [-0.3, -0.25) is 4.79 Å². The first-order valence-electron chi connectivity index (χ1n) is 7.08. The minimum atomic E-state index is -0.272. The molecule has 23 heavy (non-hydrogen) atoms. The van der Waals surface area contributed by atoms with Crippen molar-refractivity contribution >= 4 is 28.6 Å². The molecule has 0 saturated carbocycles. The van der Waals surface area contributed by atoms with Crippen LogP contribution in [0, 0.1) is 5.82 Å². The van der Waals surface area contributed by atoms with Gasteiger partial charge in [-0.05, 0) is 29.1 Å². The number of carbonyl (C=O) groups is 1. The van der Waals surface area contributed by atoms with Gasteiger partial charge in [0, 0.05) is 19.0 Å². The highest BCUT2D eigenvalue weighted by Crippen LogP contribution is 2.28. The van der Waals surface area contributed by atoms with Crippen LogP contribution in [-0.2, 0) is 17.8 Å². The maximum Gasteiger partial charge on any atom is 0.228 e. The monoisotopic (exact) mass is 346 g/mol. The summed E-state index contributed by atoms with van der Waals surface area (Å²) in [5.74, 6) is -0.274. The lowest BCUT2D eigenvalue weighted by atomic mass is 10.2. The van der Waals surface area contributed by atoms with Gasteiger partial charge in [-0.25, -0.2) is 9.37 Å². The summed E-state index contributed by atoms with van der Waals surface area (Å²) in [5, 5.41) is 4.89. The van der Waals surface area contributed by atoms with Crippen molar-refractivity contribution < 1.29 is 9.18 Å². The molecule has 2 aromatic heterocycles. The second kappa shape index (κ2) is 7.02. The quantitative estimate of drug-likeness (QED) is 0.693. The molecule has 0 bridgehead atoms. The molecule has 6 heteroatoms. The normalized spacial score (nSPS) is 10.7. The first-order chi connectivity index (χ1) is 11.1. The molecule has 3 aromatic rings. The summed E-state index contributed by atoms with van der Waals surface area (Å²) in [5.41, 5.74) is 1.69. The molecule has 0 aliphatic carbocycles. The molecular weight excluding hydrogens is 331 g/mol. The van der Waals surface area contributed by atoms with Crippen molar-refractivity contribution in [1.29, 1.82) is 0 Å². The predicted octanol–water partition coefficient (Wildman–Crippen LogP) is 4.21. The predicted molar refractivity (Wildman–Crippen MR) is 92.0 cm³/mol. The maximum absolute atomic E-state index is 12.9. The van der Waals surface area contributed by atoms with E-state index in [2.05, 4.69) is 4.98 Å². The van der Waals surface area contributed by atoms with E-state index in [1.807, 2.05) is 22.9 Å². The van der Waals surface area contributed by atoms with Gasteiger partial charge >= 0.3 is 0 Å². The van der Waals surface area contributed by atoms with Crippen molar-refractivity contribution in [2.75, 3.05) is 7.05 Å². The summed E-state index contributed by atoms with van der Waals surface area (Å²) in [7, 11) is 1.75. The smallest absolute Gasteiger partial charge is 0.228 e. The lowest BCUT2D eigenvalue weighted by molar-refractivity contribution is -0.129. The molecule has 0 fully saturated rings. The second-order valence-electron chi connectivity index (χ2n) is 5.17. The molecule has 3 rings (SSSR count). The van der Waals surface area contributed by atoms with Crippen LogP contribution >= 0.6 is 22.7 Å². The summed E-state index contributed by atoms with van der Waals surface area (Å²) in [6.45, 7) is 0.459. The maximum atomic E-state index is 12.9. The van der Waals surface area contributed by atoms with E-state index in [4.69, 9.17) is 0 Å². The van der Waals surface area contributed by atoms with Crippen LogP contribution in [-0.4, -0.2) is 22.8 Å². The summed E-state index contributed by atoms with van der Waals surface area (Å²) in [6.07, 6.45) is 0.277. The van der Waals surface area contributed by atoms with Crippen LogP contribution in [0.1, 0.15) is 11.3 Å². The number of thiophene rings is 1. The molecular formula is C17H15FN2OS2. The highest BCUT2D eigenvalue weighted by Gasteiger charge is 2.13. The SMILES string of the molecule is CN(Cc1ccc(F)cc1)C(=O)Cc1csc(-c2cccs2)n1. The molecule has 0 atom stereocenters. The van der Waals surface area contributed by atoms with Gasteiger partial charge in [0.25, 0.3) is 0 Å². The highest BCUT2D eigenvalue weighted by molar-refractivity contribution is 7.20. The van der Waals surface area contributed by atoms with E-state index in [0.29, 0.717) is 6.54 Å². The number of carbonyl (C=O) groups excluding carboxylic acids is 1. The van der Waals surface area contributed by atoms with Gasteiger partial charge in [0.05, 0.1) is 17.0 Å². The number of likely N-dealkylation sites (N-methyl/N-ethyl adjacent to an activating group) is 1. The highest BCUT2D eigenvalue weighted by atomic mass is 32.1. The largest absolute Gasteiger partial charge is 0.341 e. The van der Waals surface area contributed by atoms with Gasteiger partial charge in [0.1, 0.15) is 10.8 Å². The Balaban J connectivity index is 1.61. The van der Waals surface area contributed by atoms with E-state index < -0.39 is 0 Å². The number of rotatable bonds is 5. The van der Waals surface area contributed by atoms with E-state index in [-0.39, 0.29) is 18.1 Å². The lowest BCUT2D eigenvalue weighted by Crippen LogP contribution is -2.27. The van der Waals surface area contributed by atoms with Gasteiger partial charge in [-0.15, -0.1) is 22.7 Å². The molecule has 0 N–H and O–H groups in total. The Labute approximate surface area is 142 Å². The Kier molecular flexibility index (Phi) is 4.83. The molecule has 0 spiro atoms. The lowest BCUT2D eigenvalue weighted by Gasteiger charge is -2.16.